The molecule has 0 aliphatic carbocycles. The smallest absolute Gasteiger partial charge is 0.250 e. The van der Waals surface area contributed by atoms with Crippen LogP contribution in [-0.2, 0) is 4.79 Å². The monoisotopic (exact) mass is 234 g/mol. The van der Waals surface area contributed by atoms with Crippen LogP contribution in [0.2, 0.25) is 0 Å². The highest BCUT2D eigenvalue weighted by Crippen LogP contribution is 2.38. The van der Waals surface area contributed by atoms with Crippen molar-refractivity contribution in [2.45, 2.75) is 25.9 Å². The molecule has 2 atom stereocenters. The van der Waals surface area contributed by atoms with Crippen LogP contribution in [0.15, 0.2) is 30.3 Å². The summed E-state index contributed by atoms with van der Waals surface area (Å²) in [5.41, 5.74) is -0.211. The first-order valence-corrected chi connectivity index (χ1v) is 5.44. The molecule has 1 heterocycles. The molecule has 1 aromatic rings. The van der Waals surface area contributed by atoms with Crippen molar-refractivity contribution in [3.8, 4) is 0 Å². The van der Waals surface area contributed by atoms with Gasteiger partial charge < -0.3 is 5.32 Å². The Morgan fingerprint density at radius 2 is 1.88 bits per heavy atom. The lowest BCUT2D eigenvalue weighted by molar-refractivity contribution is -0.538. The van der Waals surface area contributed by atoms with Crippen LogP contribution in [-0.4, -0.2) is 16.9 Å². The van der Waals surface area contributed by atoms with Crippen LogP contribution in [0.4, 0.5) is 0 Å². The Labute approximate surface area is 99.0 Å². The minimum Gasteiger partial charge on any atom is -0.342 e. The molecule has 0 spiro atoms. The lowest BCUT2D eigenvalue weighted by Crippen LogP contribution is -2.37. The van der Waals surface area contributed by atoms with Gasteiger partial charge in [0.2, 0.25) is 5.91 Å². The molecule has 90 valence electrons. The maximum atomic E-state index is 11.8. The molecule has 2 unspecified atom stereocenters. The van der Waals surface area contributed by atoms with E-state index in [1.165, 1.54) is 0 Å². The van der Waals surface area contributed by atoms with Crippen LogP contribution in [0, 0.1) is 15.5 Å². The van der Waals surface area contributed by atoms with Crippen molar-refractivity contribution in [3.05, 3.63) is 46.0 Å². The fraction of sp³-hybridized carbons (Fsp3) is 0.417. The van der Waals surface area contributed by atoms with E-state index in [0.717, 1.165) is 5.56 Å². The van der Waals surface area contributed by atoms with E-state index in [4.69, 9.17) is 0 Å². The maximum absolute atomic E-state index is 11.8. The first-order valence-electron chi connectivity index (χ1n) is 5.44. The van der Waals surface area contributed by atoms with Crippen LogP contribution < -0.4 is 5.32 Å². The predicted molar refractivity (Wildman–Crippen MR) is 61.9 cm³/mol. The number of nitrogens with zero attached hydrogens (tertiary/aromatic N) is 1. The van der Waals surface area contributed by atoms with Gasteiger partial charge in [0.25, 0.3) is 6.04 Å². The van der Waals surface area contributed by atoms with Gasteiger partial charge in [0, 0.05) is 4.92 Å². The normalized spacial score (nSPS) is 26.6. The summed E-state index contributed by atoms with van der Waals surface area (Å²) >= 11 is 0. The molecule has 5 nitrogen and oxygen atoms in total. The summed E-state index contributed by atoms with van der Waals surface area (Å²) in [5, 5.41) is 13.9. The third-order valence-corrected chi connectivity index (χ3v) is 3.31. The van der Waals surface area contributed by atoms with E-state index in [-0.39, 0.29) is 10.8 Å². The Morgan fingerprint density at radius 3 is 2.41 bits per heavy atom. The number of hydrogen-bond donors (Lipinski definition) is 1. The Bertz CT molecular complexity index is 456. The minimum absolute atomic E-state index is 0.270. The minimum atomic E-state index is -0.982. The standard InChI is InChI=1S/C12H14N2O3/c1-12(2)10(14(16)17)9(13-11(12)15)8-6-4-3-5-7-8/h3-7,9-10H,1-2H3,(H,13,15). The van der Waals surface area contributed by atoms with Crippen LogP contribution in [0.3, 0.4) is 0 Å². The Hall–Kier alpha value is -1.91. The zero-order valence-electron chi connectivity index (χ0n) is 9.71. The molecule has 1 aliphatic heterocycles. The number of nitrogens with one attached hydrogen (secondary N) is 1. The van der Waals surface area contributed by atoms with E-state index < -0.39 is 17.5 Å². The number of amides is 1. The van der Waals surface area contributed by atoms with Crippen molar-refractivity contribution in [1.82, 2.24) is 5.32 Å². The number of benzene rings is 1. The second-order valence-electron chi connectivity index (χ2n) is 4.81. The van der Waals surface area contributed by atoms with Gasteiger partial charge in [0.05, 0.1) is 0 Å². The molecule has 1 aliphatic rings. The average Bonchev–Trinajstić information content (AvgIpc) is 2.51. The third kappa shape index (κ3) is 1.77. The van der Waals surface area contributed by atoms with Gasteiger partial charge in [-0.05, 0) is 19.4 Å². The van der Waals surface area contributed by atoms with Crippen molar-refractivity contribution in [1.29, 1.82) is 0 Å². The van der Waals surface area contributed by atoms with E-state index in [9.17, 15) is 14.9 Å². The molecule has 1 saturated heterocycles. The van der Waals surface area contributed by atoms with Crippen molar-refractivity contribution >= 4 is 5.91 Å². The predicted octanol–water partition coefficient (Wildman–Crippen LogP) is 1.53. The number of rotatable bonds is 2. The molecular formula is C12H14N2O3. The van der Waals surface area contributed by atoms with Gasteiger partial charge in [-0.2, -0.15) is 0 Å². The summed E-state index contributed by atoms with van der Waals surface area (Å²) in [5.74, 6) is -0.270. The molecule has 5 heteroatoms. The average molecular weight is 234 g/mol. The van der Waals surface area contributed by atoms with E-state index in [0.29, 0.717) is 0 Å². The van der Waals surface area contributed by atoms with Crippen molar-refractivity contribution < 1.29 is 9.72 Å². The van der Waals surface area contributed by atoms with Crippen LogP contribution in [0.25, 0.3) is 0 Å². The van der Waals surface area contributed by atoms with E-state index in [2.05, 4.69) is 5.32 Å². The molecule has 1 aromatic carbocycles. The first-order chi connectivity index (χ1) is 7.94. The van der Waals surface area contributed by atoms with Gasteiger partial charge in [-0.25, -0.2) is 0 Å². The fourth-order valence-electron chi connectivity index (χ4n) is 2.27. The summed E-state index contributed by atoms with van der Waals surface area (Å²) in [6.45, 7) is 3.22. The molecule has 17 heavy (non-hydrogen) atoms. The Morgan fingerprint density at radius 1 is 1.29 bits per heavy atom. The van der Waals surface area contributed by atoms with E-state index in [1.54, 1.807) is 26.0 Å². The SMILES string of the molecule is CC1(C)C(=O)NC(c2ccccc2)C1[N+](=O)[O-]. The lowest BCUT2D eigenvalue weighted by Gasteiger charge is -2.19. The van der Waals surface area contributed by atoms with E-state index >= 15 is 0 Å². The topological polar surface area (TPSA) is 72.2 Å². The summed E-state index contributed by atoms with van der Waals surface area (Å²) in [6, 6.07) is 7.57. The molecule has 1 fully saturated rings. The number of carbonyl (C=O) groups excluding carboxylic acids is 1. The van der Waals surface area contributed by atoms with Gasteiger partial charge in [0.15, 0.2) is 0 Å². The van der Waals surface area contributed by atoms with Crippen LogP contribution >= 0.6 is 0 Å². The quantitative estimate of drug-likeness (QED) is 0.623. The van der Waals surface area contributed by atoms with Gasteiger partial charge in [-0.3, -0.25) is 14.9 Å². The largest absolute Gasteiger partial charge is 0.342 e. The van der Waals surface area contributed by atoms with Crippen LogP contribution in [0.1, 0.15) is 25.5 Å². The highest BCUT2D eigenvalue weighted by atomic mass is 16.6. The zero-order chi connectivity index (χ0) is 12.6. The molecule has 1 N–H and O–H groups in total. The molecule has 0 radical (unpaired) electrons. The second-order valence-corrected chi connectivity index (χ2v) is 4.81. The van der Waals surface area contributed by atoms with Crippen molar-refractivity contribution in [2.24, 2.45) is 5.41 Å². The van der Waals surface area contributed by atoms with Gasteiger partial charge in [-0.1, -0.05) is 30.3 Å². The fourth-order valence-corrected chi connectivity index (χ4v) is 2.27. The molecule has 0 saturated carbocycles. The lowest BCUT2D eigenvalue weighted by atomic mass is 9.83. The molecular weight excluding hydrogens is 220 g/mol. The summed E-state index contributed by atoms with van der Waals surface area (Å²) < 4.78 is 0. The number of nitro groups is 1. The number of hydrogen-bond acceptors (Lipinski definition) is 3. The van der Waals surface area contributed by atoms with Crippen molar-refractivity contribution in [2.75, 3.05) is 0 Å². The van der Waals surface area contributed by atoms with Crippen molar-refractivity contribution in [3.63, 3.8) is 0 Å². The Kier molecular flexibility index (Phi) is 2.61. The molecule has 2 rings (SSSR count). The summed E-state index contributed by atoms with van der Waals surface area (Å²) in [4.78, 5) is 22.6. The summed E-state index contributed by atoms with van der Waals surface area (Å²) in [7, 11) is 0. The van der Waals surface area contributed by atoms with E-state index in [1.807, 2.05) is 18.2 Å². The summed E-state index contributed by atoms with van der Waals surface area (Å²) in [6.07, 6.45) is 0. The second kappa shape index (κ2) is 3.84. The molecule has 0 aromatic heterocycles. The highest BCUT2D eigenvalue weighted by molar-refractivity contribution is 5.85. The zero-order valence-corrected chi connectivity index (χ0v) is 9.71. The van der Waals surface area contributed by atoms with Gasteiger partial charge in [-0.15, -0.1) is 0 Å². The Balaban J connectivity index is 2.42. The third-order valence-electron chi connectivity index (χ3n) is 3.31. The maximum Gasteiger partial charge on any atom is 0.250 e. The molecule has 1 amide bonds. The molecule has 0 bridgehead atoms. The van der Waals surface area contributed by atoms with Crippen LogP contribution in [0.5, 0.6) is 0 Å². The first kappa shape index (κ1) is 11.6. The number of carbonyl (C=O) groups is 1. The highest BCUT2D eigenvalue weighted by Gasteiger charge is 2.57. The van der Waals surface area contributed by atoms with Gasteiger partial charge >= 0.3 is 0 Å². The van der Waals surface area contributed by atoms with Gasteiger partial charge in [0.1, 0.15) is 11.5 Å².